The van der Waals surface area contributed by atoms with Crippen LogP contribution < -0.4 is 10.1 Å². The standard InChI is InChI=1S/C18H19NOS.C10H8O/c1-19-12-11-17(18-10-5-13-21-18)20-16-9-4-7-14-6-2-3-8-15(14)16;11-10-7-3-5-8-4-1-2-6-9(8)10/h2-10,13,17,19H,11-12H2,1H3;1-7,11H/t17-;/m0./s1. The second kappa shape index (κ2) is 10.8. The number of phenolic OH excluding ortho intramolecular Hbond substituents is 1. The molecule has 0 aliphatic heterocycles. The molecule has 0 amide bonds. The van der Waals surface area contributed by atoms with Gasteiger partial charge in [0.05, 0.1) is 0 Å². The normalized spacial score (nSPS) is 11.7. The van der Waals surface area contributed by atoms with Crippen molar-refractivity contribution < 1.29 is 9.84 Å². The number of rotatable bonds is 6. The van der Waals surface area contributed by atoms with Gasteiger partial charge in [0.1, 0.15) is 17.6 Å². The molecule has 5 rings (SSSR count). The quantitative estimate of drug-likeness (QED) is 0.293. The van der Waals surface area contributed by atoms with Crippen LogP contribution in [-0.4, -0.2) is 18.7 Å². The molecule has 1 heterocycles. The van der Waals surface area contributed by atoms with Gasteiger partial charge in [-0.1, -0.05) is 78.9 Å². The van der Waals surface area contributed by atoms with Crippen LogP contribution in [0, 0.1) is 0 Å². The molecule has 4 heteroatoms. The van der Waals surface area contributed by atoms with Gasteiger partial charge in [0, 0.05) is 22.1 Å². The maximum atomic E-state index is 9.37. The molecule has 0 fully saturated rings. The van der Waals surface area contributed by atoms with Crippen LogP contribution >= 0.6 is 11.3 Å². The summed E-state index contributed by atoms with van der Waals surface area (Å²) in [4.78, 5) is 1.28. The molecule has 4 aromatic carbocycles. The highest BCUT2D eigenvalue weighted by atomic mass is 32.1. The highest BCUT2D eigenvalue weighted by Gasteiger charge is 2.15. The van der Waals surface area contributed by atoms with E-state index in [1.54, 1.807) is 17.4 Å². The number of aromatic hydroxyl groups is 1. The molecule has 0 unspecified atom stereocenters. The number of benzene rings is 4. The van der Waals surface area contributed by atoms with Crippen LogP contribution in [0.5, 0.6) is 11.5 Å². The summed E-state index contributed by atoms with van der Waals surface area (Å²) in [6.45, 7) is 0.938. The molecule has 0 bridgehead atoms. The lowest BCUT2D eigenvalue weighted by Gasteiger charge is -2.19. The molecule has 0 saturated carbocycles. The Hall–Kier alpha value is -3.34. The SMILES string of the molecule is CNCC[C@H](Oc1cccc2ccccc12)c1cccs1.Oc1cccc2ccccc12. The number of ether oxygens (including phenoxy) is 1. The average molecular weight is 442 g/mol. The van der Waals surface area contributed by atoms with E-state index in [2.05, 4.69) is 65.3 Å². The van der Waals surface area contributed by atoms with Crippen LogP contribution in [0.4, 0.5) is 0 Å². The Morgan fingerprint density at radius 1 is 0.781 bits per heavy atom. The van der Waals surface area contributed by atoms with E-state index in [0.717, 1.165) is 29.5 Å². The molecule has 2 N–H and O–H groups in total. The van der Waals surface area contributed by atoms with Crippen molar-refractivity contribution in [2.24, 2.45) is 0 Å². The van der Waals surface area contributed by atoms with E-state index >= 15 is 0 Å². The molecule has 5 aromatic rings. The van der Waals surface area contributed by atoms with Gasteiger partial charge in [-0.2, -0.15) is 0 Å². The Morgan fingerprint density at radius 3 is 2.12 bits per heavy atom. The van der Waals surface area contributed by atoms with E-state index in [1.807, 2.05) is 43.4 Å². The monoisotopic (exact) mass is 441 g/mol. The topological polar surface area (TPSA) is 41.5 Å². The summed E-state index contributed by atoms with van der Waals surface area (Å²) in [6, 6.07) is 32.1. The third kappa shape index (κ3) is 5.28. The van der Waals surface area contributed by atoms with Crippen LogP contribution in [0.2, 0.25) is 0 Å². The van der Waals surface area contributed by atoms with E-state index in [0.29, 0.717) is 5.75 Å². The summed E-state index contributed by atoms with van der Waals surface area (Å²) in [7, 11) is 1.98. The third-order valence-corrected chi connectivity index (χ3v) is 6.27. The second-order valence-electron chi connectivity index (χ2n) is 7.49. The first-order valence-corrected chi connectivity index (χ1v) is 11.6. The van der Waals surface area contributed by atoms with Gasteiger partial charge in [0.15, 0.2) is 0 Å². The smallest absolute Gasteiger partial charge is 0.134 e. The van der Waals surface area contributed by atoms with Crippen molar-refractivity contribution in [3.63, 3.8) is 0 Å². The summed E-state index contributed by atoms with van der Waals surface area (Å²) in [5.41, 5.74) is 0. The predicted octanol–water partition coefficient (Wildman–Crippen LogP) is 7.18. The van der Waals surface area contributed by atoms with Crippen LogP contribution in [0.3, 0.4) is 0 Å². The largest absolute Gasteiger partial charge is 0.507 e. The van der Waals surface area contributed by atoms with E-state index in [9.17, 15) is 5.11 Å². The first-order chi connectivity index (χ1) is 15.8. The number of nitrogens with one attached hydrogen (secondary N) is 1. The van der Waals surface area contributed by atoms with Crippen LogP contribution in [0.15, 0.2) is 102 Å². The van der Waals surface area contributed by atoms with Crippen molar-refractivity contribution in [1.29, 1.82) is 0 Å². The fraction of sp³-hybridized carbons (Fsp3) is 0.143. The predicted molar refractivity (Wildman–Crippen MR) is 136 cm³/mol. The van der Waals surface area contributed by atoms with Gasteiger partial charge in [0.2, 0.25) is 0 Å². The van der Waals surface area contributed by atoms with Gasteiger partial charge in [-0.05, 0) is 47.9 Å². The molecule has 0 radical (unpaired) electrons. The number of hydrogen-bond acceptors (Lipinski definition) is 4. The minimum atomic E-state index is 0.100. The van der Waals surface area contributed by atoms with Crippen molar-refractivity contribution >= 4 is 32.9 Å². The second-order valence-corrected chi connectivity index (χ2v) is 8.47. The van der Waals surface area contributed by atoms with Crippen molar-refractivity contribution in [2.45, 2.75) is 12.5 Å². The Kier molecular flexibility index (Phi) is 7.38. The summed E-state index contributed by atoms with van der Waals surface area (Å²) >= 11 is 1.75. The van der Waals surface area contributed by atoms with Gasteiger partial charge in [-0.3, -0.25) is 0 Å². The molecule has 0 saturated heterocycles. The van der Waals surface area contributed by atoms with Crippen molar-refractivity contribution in [1.82, 2.24) is 5.32 Å². The van der Waals surface area contributed by atoms with Gasteiger partial charge in [-0.15, -0.1) is 11.3 Å². The minimum Gasteiger partial charge on any atom is -0.507 e. The number of phenols is 1. The number of fused-ring (bicyclic) bond motifs is 2. The van der Waals surface area contributed by atoms with Gasteiger partial charge >= 0.3 is 0 Å². The molecule has 32 heavy (non-hydrogen) atoms. The highest BCUT2D eigenvalue weighted by Crippen LogP contribution is 2.32. The zero-order valence-corrected chi connectivity index (χ0v) is 18.9. The molecule has 1 aromatic heterocycles. The summed E-state index contributed by atoms with van der Waals surface area (Å²) < 4.78 is 6.34. The molecular weight excluding hydrogens is 414 g/mol. The Labute approximate surface area is 192 Å². The van der Waals surface area contributed by atoms with E-state index < -0.39 is 0 Å². The zero-order chi connectivity index (χ0) is 22.2. The molecule has 0 spiro atoms. The molecule has 162 valence electrons. The van der Waals surface area contributed by atoms with E-state index in [1.165, 1.54) is 15.6 Å². The summed E-state index contributed by atoms with van der Waals surface area (Å²) in [5.74, 6) is 1.31. The van der Waals surface area contributed by atoms with Crippen LogP contribution in [0.1, 0.15) is 17.4 Å². The summed E-state index contributed by atoms with van der Waals surface area (Å²) in [5, 5.41) is 19.1. The molecule has 0 aliphatic carbocycles. The first-order valence-electron chi connectivity index (χ1n) is 10.8. The van der Waals surface area contributed by atoms with E-state index in [4.69, 9.17) is 4.74 Å². The van der Waals surface area contributed by atoms with E-state index in [-0.39, 0.29) is 6.10 Å². The third-order valence-electron chi connectivity index (χ3n) is 5.30. The Bertz CT molecular complexity index is 1260. The fourth-order valence-corrected chi connectivity index (χ4v) is 4.46. The van der Waals surface area contributed by atoms with Crippen molar-refractivity contribution in [3.8, 4) is 11.5 Å². The maximum absolute atomic E-state index is 9.37. The van der Waals surface area contributed by atoms with Crippen molar-refractivity contribution in [3.05, 3.63) is 107 Å². The molecule has 1 atom stereocenters. The lowest BCUT2D eigenvalue weighted by molar-refractivity contribution is 0.201. The molecular formula is C28H27NO2S. The highest BCUT2D eigenvalue weighted by molar-refractivity contribution is 7.10. The fourth-order valence-electron chi connectivity index (χ4n) is 3.67. The van der Waals surface area contributed by atoms with Gasteiger partial charge in [0.25, 0.3) is 0 Å². The number of thiophene rings is 1. The zero-order valence-electron chi connectivity index (χ0n) is 18.1. The summed E-state index contributed by atoms with van der Waals surface area (Å²) in [6.07, 6.45) is 1.06. The minimum absolute atomic E-state index is 0.100. The Morgan fingerprint density at radius 2 is 1.44 bits per heavy atom. The van der Waals surface area contributed by atoms with Crippen LogP contribution in [0.25, 0.3) is 21.5 Å². The maximum Gasteiger partial charge on any atom is 0.134 e. The Balaban J connectivity index is 0.000000186. The first kappa shape index (κ1) is 21.9. The van der Waals surface area contributed by atoms with Crippen LogP contribution in [-0.2, 0) is 0 Å². The average Bonchev–Trinajstić information content (AvgIpc) is 3.38. The molecule has 0 aliphatic rings. The van der Waals surface area contributed by atoms with Gasteiger partial charge < -0.3 is 15.2 Å². The number of hydrogen-bond donors (Lipinski definition) is 2. The van der Waals surface area contributed by atoms with Gasteiger partial charge in [-0.25, -0.2) is 0 Å². The lowest BCUT2D eigenvalue weighted by atomic mass is 10.1. The lowest BCUT2D eigenvalue weighted by Crippen LogP contribution is -2.15. The van der Waals surface area contributed by atoms with Crippen molar-refractivity contribution in [2.75, 3.05) is 13.6 Å². The molecule has 3 nitrogen and oxygen atoms in total.